The number of piperidine rings is 1. The molecule has 154 valence electrons. The number of nitrogens with zero attached hydrogens (tertiary/aromatic N) is 3. The second kappa shape index (κ2) is 11.5. The van der Waals surface area contributed by atoms with Gasteiger partial charge < -0.3 is 20.1 Å². The molecule has 2 N–H and O–H groups in total. The van der Waals surface area contributed by atoms with Crippen LogP contribution in [0.3, 0.4) is 0 Å². The van der Waals surface area contributed by atoms with Crippen LogP contribution in [0.5, 0.6) is 0 Å². The number of halogens is 1. The average Bonchev–Trinajstić information content (AvgIpc) is 2.97. The number of carbonyl (C=O) groups is 1. The molecular formula is C19H34IN5O2. The number of rotatable bonds is 6. The smallest absolute Gasteiger partial charge is 0.220 e. The predicted molar refractivity (Wildman–Crippen MR) is 119 cm³/mol. The second-order valence-corrected chi connectivity index (χ2v) is 7.14. The predicted octanol–water partition coefficient (Wildman–Crippen LogP) is 2.83. The molecule has 1 amide bonds. The Hall–Kier alpha value is -1.32. The normalized spacial score (nSPS) is 16.6. The maximum atomic E-state index is 11.6. The van der Waals surface area contributed by atoms with E-state index in [1.54, 1.807) is 7.05 Å². The summed E-state index contributed by atoms with van der Waals surface area (Å²) in [7, 11) is 1.70. The third kappa shape index (κ3) is 6.65. The SMILES string of the molecule is CCNC(=NCC(C)c1c(C)noc1C)N1CCC(CC(=O)NC)CC1.I. The van der Waals surface area contributed by atoms with Gasteiger partial charge >= 0.3 is 0 Å². The Morgan fingerprint density at radius 3 is 2.56 bits per heavy atom. The lowest BCUT2D eigenvalue weighted by Gasteiger charge is -2.34. The summed E-state index contributed by atoms with van der Waals surface area (Å²) < 4.78 is 5.28. The number of guanidine groups is 1. The number of hydrogen-bond acceptors (Lipinski definition) is 4. The summed E-state index contributed by atoms with van der Waals surface area (Å²) in [5, 5.41) is 10.2. The van der Waals surface area contributed by atoms with E-state index >= 15 is 0 Å². The molecule has 1 aliphatic rings. The number of aryl methyl sites for hydroxylation is 2. The number of likely N-dealkylation sites (tertiary alicyclic amines) is 1. The van der Waals surface area contributed by atoms with Gasteiger partial charge in [0.2, 0.25) is 5.91 Å². The van der Waals surface area contributed by atoms with Gasteiger partial charge in [-0.05, 0) is 39.5 Å². The topological polar surface area (TPSA) is 82.8 Å². The van der Waals surface area contributed by atoms with E-state index in [1.807, 2.05) is 13.8 Å². The highest BCUT2D eigenvalue weighted by Gasteiger charge is 2.23. The Kier molecular flexibility index (Phi) is 10.1. The van der Waals surface area contributed by atoms with Crippen molar-refractivity contribution >= 4 is 35.8 Å². The summed E-state index contributed by atoms with van der Waals surface area (Å²) in [6, 6.07) is 0. The van der Waals surface area contributed by atoms with Crippen molar-refractivity contribution in [3.63, 3.8) is 0 Å². The summed E-state index contributed by atoms with van der Waals surface area (Å²) in [5.74, 6) is 2.71. The van der Waals surface area contributed by atoms with Gasteiger partial charge in [-0.25, -0.2) is 0 Å². The molecule has 27 heavy (non-hydrogen) atoms. The van der Waals surface area contributed by atoms with E-state index in [0.29, 0.717) is 18.9 Å². The van der Waals surface area contributed by atoms with Crippen LogP contribution >= 0.6 is 24.0 Å². The molecule has 0 spiro atoms. The zero-order valence-corrected chi connectivity index (χ0v) is 19.5. The number of aromatic nitrogens is 1. The standard InChI is InChI=1S/C19H33N5O2.HI/c1-6-21-19(22-12-13(2)18-14(3)23-26-15(18)4)24-9-7-16(8-10-24)11-17(25)20-5;/h13,16H,6-12H2,1-5H3,(H,20,25)(H,21,22);1H. The van der Waals surface area contributed by atoms with Crippen LogP contribution < -0.4 is 10.6 Å². The average molecular weight is 491 g/mol. The van der Waals surface area contributed by atoms with Crippen LogP contribution in [-0.4, -0.2) is 55.2 Å². The zero-order chi connectivity index (χ0) is 19.1. The first kappa shape index (κ1) is 23.7. The minimum atomic E-state index is 0. The first-order valence-electron chi connectivity index (χ1n) is 9.62. The molecule has 1 atom stereocenters. The lowest BCUT2D eigenvalue weighted by Crippen LogP contribution is -2.46. The Morgan fingerprint density at radius 1 is 1.37 bits per heavy atom. The van der Waals surface area contributed by atoms with Crippen LogP contribution in [0.1, 0.15) is 56.0 Å². The Balaban J connectivity index is 0.00000364. The lowest BCUT2D eigenvalue weighted by molar-refractivity contribution is -0.121. The zero-order valence-electron chi connectivity index (χ0n) is 17.2. The summed E-state index contributed by atoms with van der Waals surface area (Å²) >= 11 is 0. The fourth-order valence-corrected chi connectivity index (χ4v) is 3.65. The molecule has 0 radical (unpaired) electrons. The van der Waals surface area contributed by atoms with Crippen LogP contribution in [0.25, 0.3) is 0 Å². The van der Waals surface area contributed by atoms with Crippen LogP contribution in [0, 0.1) is 19.8 Å². The van der Waals surface area contributed by atoms with E-state index in [-0.39, 0.29) is 35.8 Å². The molecule has 0 aliphatic carbocycles. The van der Waals surface area contributed by atoms with E-state index in [9.17, 15) is 4.79 Å². The van der Waals surface area contributed by atoms with Crippen molar-refractivity contribution in [2.75, 3.05) is 33.2 Å². The highest BCUT2D eigenvalue weighted by molar-refractivity contribution is 14.0. The highest BCUT2D eigenvalue weighted by atomic mass is 127. The van der Waals surface area contributed by atoms with E-state index in [2.05, 4.69) is 34.5 Å². The molecule has 2 heterocycles. The minimum Gasteiger partial charge on any atom is -0.361 e. The van der Waals surface area contributed by atoms with Crippen molar-refractivity contribution in [1.82, 2.24) is 20.7 Å². The third-order valence-electron chi connectivity index (χ3n) is 5.10. The van der Waals surface area contributed by atoms with Gasteiger partial charge in [0, 0.05) is 51.1 Å². The minimum absolute atomic E-state index is 0. The van der Waals surface area contributed by atoms with Crippen molar-refractivity contribution in [1.29, 1.82) is 0 Å². The maximum Gasteiger partial charge on any atom is 0.220 e. The molecule has 1 unspecified atom stereocenters. The number of aliphatic imine (C=N–C) groups is 1. The van der Waals surface area contributed by atoms with Crippen LogP contribution in [-0.2, 0) is 4.79 Å². The molecule has 2 rings (SSSR count). The molecule has 8 heteroatoms. The highest BCUT2D eigenvalue weighted by Crippen LogP contribution is 2.24. The first-order valence-corrected chi connectivity index (χ1v) is 9.62. The van der Waals surface area contributed by atoms with Gasteiger partial charge in [-0.2, -0.15) is 0 Å². The first-order chi connectivity index (χ1) is 12.5. The van der Waals surface area contributed by atoms with Gasteiger partial charge in [0.15, 0.2) is 5.96 Å². The number of carbonyl (C=O) groups excluding carboxylic acids is 1. The van der Waals surface area contributed by atoms with Gasteiger partial charge in [-0.1, -0.05) is 12.1 Å². The summed E-state index contributed by atoms with van der Waals surface area (Å²) in [6.07, 6.45) is 2.68. The molecule has 0 saturated carbocycles. The van der Waals surface area contributed by atoms with Crippen LogP contribution in [0.4, 0.5) is 0 Å². The molecule has 1 aromatic heterocycles. The summed E-state index contributed by atoms with van der Waals surface area (Å²) in [5.41, 5.74) is 2.11. The van der Waals surface area contributed by atoms with Crippen molar-refractivity contribution in [3.05, 3.63) is 17.0 Å². The van der Waals surface area contributed by atoms with Crippen molar-refractivity contribution in [3.8, 4) is 0 Å². The molecule has 7 nitrogen and oxygen atoms in total. The monoisotopic (exact) mass is 491 g/mol. The fourth-order valence-electron chi connectivity index (χ4n) is 3.65. The van der Waals surface area contributed by atoms with Crippen molar-refractivity contribution < 1.29 is 9.32 Å². The number of nitrogens with one attached hydrogen (secondary N) is 2. The van der Waals surface area contributed by atoms with Gasteiger partial charge in [0.1, 0.15) is 5.76 Å². The van der Waals surface area contributed by atoms with Crippen LogP contribution in [0.15, 0.2) is 9.52 Å². The quantitative estimate of drug-likeness (QED) is 0.364. The molecule has 1 saturated heterocycles. The Bertz CT molecular complexity index is 604. The second-order valence-electron chi connectivity index (χ2n) is 7.14. The lowest BCUT2D eigenvalue weighted by atomic mass is 9.93. The Labute approximate surface area is 179 Å². The van der Waals surface area contributed by atoms with E-state index in [4.69, 9.17) is 9.52 Å². The third-order valence-corrected chi connectivity index (χ3v) is 5.10. The van der Waals surface area contributed by atoms with Gasteiger partial charge in [-0.15, -0.1) is 24.0 Å². The van der Waals surface area contributed by atoms with E-state index < -0.39 is 0 Å². The van der Waals surface area contributed by atoms with Gasteiger partial charge in [0.05, 0.1) is 5.69 Å². The van der Waals surface area contributed by atoms with E-state index in [1.165, 1.54) is 0 Å². The number of hydrogen-bond donors (Lipinski definition) is 2. The number of amides is 1. The van der Waals surface area contributed by atoms with Crippen molar-refractivity contribution in [2.24, 2.45) is 10.9 Å². The molecule has 0 aromatic carbocycles. The van der Waals surface area contributed by atoms with Crippen molar-refractivity contribution in [2.45, 2.75) is 52.9 Å². The van der Waals surface area contributed by atoms with Gasteiger partial charge in [-0.3, -0.25) is 9.79 Å². The summed E-state index contributed by atoms with van der Waals surface area (Å²) in [6.45, 7) is 11.6. The largest absolute Gasteiger partial charge is 0.361 e. The molecule has 1 aliphatic heterocycles. The maximum absolute atomic E-state index is 11.6. The van der Waals surface area contributed by atoms with E-state index in [0.717, 1.165) is 55.5 Å². The molecular weight excluding hydrogens is 457 g/mol. The molecule has 1 fully saturated rings. The fraction of sp³-hybridized carbons (Fsp3) is 0.737. The van der Waals surface area contributed by atoms with Gasteiger partial charge in [0.25, 0.3) is 0 Å². The van der Waals surface area contributed by atoms with Crippen LogP contribution in [0.2, 0.25) is 0 Å². The molecule has 1 aromatic rings. The Morgan fingerprint density at radius 2 is 2.04 bits per heavy atom. The molecule has 0 bridgehead atoms. The summed E-state index contributed by atoms with van der Waals surface area (Å²) in [4.78, 5) is 18.7.